The van der Waals surface area contributed by atoms with Crippen LogP contribution in [0.25, 0.3) is 0 Å². The number of rotatable bonds is 2. The van der Waals surface area contributed by atoms with Crippen LogP contribution in [0.1, 0.15) is 27.7 Å². The quantitative estimate of drug-likeness (QED) is 0.549. The zero-order valence-electron chi connectivity index (χ0n) is 18.4. The van der Waals surface area contributed by atoms with Gasteiger partial charge in [0.1, 0.15) is 23.0 Å². The monoisotopic (exact) mass is 447 g/mol. The summed E-state index contributed by atoms with van der Waals surface area (Å²) in [7, 11) is 1.66. The zero-order valence-corrected chi connectivity index (χ0v) is 19.2. The van der Waals surface area contributed by atoms with Gasteiger partial charge in [-0.1, -0.05) is 12.1 Å². The van der Waals surface area contributed by atoms with Crippen molar-refractivity contribution in [1.82, 2.24) is 9.80 Å². The molecule has 1 aromatic heterocycles. The number of ether oxygens (including phenoxy) is 2. The number of aliphatic imine (C=N–C) groups is 1. The number of amides is 1. The predicted molar refractivity (Wildman–Crippen MR) is 127 cm³/mol. The number of carbonyl (C=O) groups excluding carboxylic acids is 1. The van der Waals surface area contributed by atoms with Crippen LogP contribution in [-0.4, -0.2) is 54.3 Å². The number of benzene rings is 2. The fourth-order valence-corrected chi connectivity index (χ4v) is 4.90. The summed E-state index contributed by atoms with van der Waals surface area (Å²) in [5.41, 5.74) is 2.81. The Balaban J connectivity index is 1.50. The molecule has 0 radical (unpaired) electrons. The molecule has 5 rings (SSSR count). The molecule has 1 amide bonds. The summed E-state index contributed by atoms with van der Waals surface area (Å²) in [6.07, 6.45) is 0. The zero-order chi connectivity index (χ0) is 22.2. The van der Waals surface area contributed by atoms with Crippen molar-refractivity contribution in [2.45, 2.75) is 19.9 Å². The van der Waals surface area contributed by atoms with E-state index in [0.29, 0.717) is 19.6 Å². The van der Waals surface area contributed by atoms with Crippen molar-refractivity contribution in [3.8, 4) is 17.2 Å². The number of piperazine rings is 1. The Bertz CT molecular complexity index is 1190. The Hall–Kier alpha value is -3.32. The average Bonchev–Trinajstić information content (AvgIpc) is 3.28. The molecule has 0 spiro atoms. The standard InChI is InChI=1S/C25H25N3O3S/c1-16-6-8-20-22(13-16)31-21-9-7-18(30-3)14-19(21)24(26-20)27-10-11-28(17(2)15-27)25(29)23-5-4-12-32-23/h4-9,12-14,17H,10-11,15H2,1-3H3/t17-/m0/s1. The van der Waals surface area contributed by atoms with Gasteiger partial charge < -0.3 is 19.3 Å². The van der Waals surface area contributed by atoms with Gasteiger partial charge in [0, 0.05) is 25.7 Å². The van der Waals surface area contributed by atoms with Crippen molar-refractivity contribution in [3.05, 3.63) is 69.9 Å². The third kappa shape index (κ3) is 3.73. The maximum atomic E-state index is 12.9. The van der Waals surface area contributed by atoms with E-state index in [1.54, 1.807) is 7.11 Å². The van der Waals surface area contributed by atoms with Gasteiger partial charge in [0.25, 0.3) is 5.91 Å². The number of fused-ring (bicyclic) bond motifs is 2. The lowest BCUT2D eigenvalue weighted by Crippen LogP contribution is -2.55. The minimum Gasteiger partial charge on any atom is -0.497 e. The molecule has 0 N–H and O–H groups in total. The van der Waals surface area contributed by atoms with Crippen molar-refractivity contribution in [1.29, 1.82) is 0 Å². The van der Waals surface area contributed by atoms with E-state index >= 15 is 0 Å². The molecule has 2 aliphatic heterocycles. The molecule has 7 heteroatoms. The molecule has 164 valence electrons. The first-order chi connectivity index (χ1) is 15.5. The molecule has 0 saturated carbocycles. The third-order valence-electron chi connectivity index (χ3n) is 5.91. The molecule has 1 saturated heterocycles. The van der Waals surface area contributed by atoms with E-state index in [1.165, 1.54) is 11.3 Å². The lowest BCUT2D eigenvalue weighted by molar-refractivity contribution is 0.0586. The van der Waals surface area contributed by atoms with E-state index in [2.05, 4.69) is 11.8 Å². The summed E-state index contributed by atoms with van der Waals surface area (Å²) in [6.45, 7) is 6.15. The third-order valence-corrected chi connectivity index (χ3v) is 6.77. The number of hydrogen-bond acceptors (Lipinski definition) is 6. The van der Waals surface area contributed by atoms with Crippen LogP contribution in [0.4, 0.5) is 5.69 Å². The van der Waals surface area contributed by atoms with Gasteiger partial charge in [-0.3, -0.25) is 4.79 Å². The summed E-state index contributed by atoms with van der Waals surface area (Å²) < 4.78 is 11.8. The number of hydrogen-bond donors (Lipinski definition) is 0. The molecule has 0 bridgehead atoms. The van der Waals surface area contributed by atoms with Crippen LogP contribution in [0.15, 0.2) is 58.9 Å². The summed E-state index contributed by atoms with van der Waals surface area (Å²) in [4.78, 5) is 23.0. The van der Waals surface area contributed by atoms with E-state index in [-0.39, 0.29) is 11.9 Å². The molecular formula is C25H25N3O3S. The second-order valence-corrected chi connectivity index (χ2v) is 9.09. The first kappa shape index (κ1) is 20.6. The molecule has 0 unspecified atom stereocenters. The van der Waals surface area contributed by atoms with Crippen LogP contribution in [-0.2, 0) is 0 Å². The highest BCUT2D eigenvalue weighted by Gasteiger charge is 2.32. The molecular weight excluding hydrogens is 422 g/mol. The minimum absolute atomic E-state index is 0.0526. The van der Waals surface area contributed by atoms with Crippen molar-refractivity contribution < 1.29 is 14.3 Å². The van der Waals surface area contributed by atoms with Crippen molar-refractivity contribution in [2.75, 3.05) is 26.7 Å². The number of nitrogens with zero attached hydrogens (tertiary/aromatic N) is 3. The molecule has 6 nitrogen and oxygen atoms in total. The van der Waals surface area contributed by atoms with E-state index < -0.39 is 0 Å². The second-order valence-electron chi connectivity index (χ2n) is 8.14. The van der Waals surface area contributed by atoms with Gasteiger partial charge in [0.05, 0.1) is 17.6 Å². The van der Waals surface area contributed by atoms with Gasteiger partial charge in [-0.05, 0) is 61.2 Å². The van der Waals surface area contributed by atoms with Gasteiger partial charge in [0.15, 0.2) is 5.75 Å². The molecule has 3 aromatic rings. The molecule has 2 aromatic carbocycles. The van der Waals surface area contributed by atoms with Crippen LogP contribution in [0.3, 0.4) is 0 Å². The van der Waals surface area contributed by atoms with Gasteiger partial charge in [-0.25, -0.2) is 4.99 Å². The van der Waals surface area contributed by atoms with E-state index in [9.17, 15) is 4.79 Å². The molecule has 3 heterocycles. The molecule has 32 heavy (non-hydrogen) atoms. The Labute approximate surface area is 191 Å². The van der Waals surface area contributed by atoms with E-state index in [0.717, 1.165) is 44.8 Å². The molecule has 0 aliphatic carbocycles. The highest BCUT2D eigenvalue weighted by molar-refractivity contribution is 7.12. The average molecular weight is 448 g/mol. The van der Waals surface area contributed by atoms with Crippen LogP contribution in [0.2, 0.25) is 0 Å². The summed E-state index contributed by atoms with van der Waals surface area (Å²) in [6, 6.07) is 15.7. The highest BCUT2D eigenvalue weighted by Crippen LogP contribution is 2.40. The van der Waals surface area contributed by atoms with Gasteiger partial charge >= 0.3 is 0 Å². The number of carbonyl (C=O) groups is 1. The normalized spacial score (nSPS) is 17.6. The molecule has 1 atom stereocenters. The smallest absolute Gasteiger partial charge is 0.264 e. The number of methoxy groups -OCH3 is 1. The van der Waals surface area contributed by atoms with Crippen molar-refractivity contribution >= 4 is 28.8 Å². The predicted octanol–water partition coefficient (Wildman–Crippen LogP) is 5.10. The van der Waals surface area contributed by atoms with Crippen LogP contribution >= 0.6 is 11.3 Å². The van der Waals surface area contributed by atoms with Crippen LogP contribution in [0, 0.1) is 6.92 Å². The fourth-order valence-electron chi connectivity index (χ4n) is 4.22. The Morgan fingerprint density at radius 2 is 2.03 bits per heavy atom. The van der Waals surface area contributed by atoms with Crippen molar-refractivity contribution in [2.24, 2.45) is 4.99 Å². The first-order valence-electron chi connectivity index (χ1n) is 10.7. The van der Waals surface area contributed by atoms with Gasteiger partial charge in [-0.15, -0.1) is 11.3 Å². The number of thiophene rings is 1. The minimum atomic E-state index is 0.0526. The fraction of sp³-hybridized carbons (Fsp3) is 0.280. The maximum Gasteiger partial charge on any atom is 0.264 e. The Kier molecular flexibility index (Phi) is 5.35. The Morgan fingerprint density at radius 1 is 1.16 bits per heavy atom. The van der Waals surface area contributed by atoms with Crippen LogP contribution < -0.4 is 9.47 Å². The summed E-state index contributed by atoms with van der Waals surface area (Å²) >= 11 is 1.49. The maximum absolute atomic E-state index is 12.9. The second kappa shape index (κ2) is 8.31. The van der Waals surface area contributed by atoms with E-state index in [1.807, 2.05) is 65.7 Å². The van der Waals surface area contributed by atoms with Crippen LogP contribution in [0.5, 0.6) is 17.2 Å². The lowest BCUT2D eigenvalue weighted by Gasteiger charge is -2.41. The van der Waals surface area contributed by atoms with Crippen molar-refractivity contribution in [3.63, 3.8) is 0 Å². The summed E-state index contributed by atoms with van der Waals surface area (Å²) in [5.74, 6) is 3.18. The highest BCUT2D eigenvalue weighted by atomic mass is 32.1. The SMILES string of the molecule is COc1ccc2c(c1)C(N1CCN(C(=O)c3cccs3)[C@@H](C)C1)=Nc1ccc(C)cc1O2. The largest absolute Gasteiger partial charge is 0.497 e. The Morgan fingerprint density at radius 3 is 2.78 bits per heavy atom. The molecule has 2 aliphatic rings. The number of amidine groups is 1. The van der Waals surface area contributed by atoms with Gasteiger partial charge in [-0.2, -0.15) is 0 Å². The van der Waals surface area contributed by atoms with Gasteiger partial charge in [0.2, 0.25) is 0 Å². The lowest BCUT2D eigenvalue weighted by atomic mass is 10.1. The topological polar surface area (TPSA) is 54.4 Å². The first-order valence-corrected chi connectivity index (χ1v) is 11.6. The number of aryl methyl sites for hydroxylation is 1. The van der Waals surface area contributed by atoms with E-state index in [4.69, 9.17) is 14.5 Å². The molecule has 1 fully saturated rings. The summed E-state index contributed by atoms with van der Waals surface area (Å²) in [5, 5.41) is 1.94.